The number of para-hydroxylation sites is 2. The molecule has 0 bridgehead atoms. The molecule has 0 aromatic heterocycles. The zero-order valence-corrected chi connectivity index (χ0v) is 16.9. The van der Waals surface area contributed by atoms with Crippen molar-refractivity contribution in [3.8, 4) is 11.5 Å². The fourth-order valence-electron chi connectivity index (χ4n) is 3.32. The van der Waals surface area contributed by atoms with Gasteiger partial charge in [-0.05, 0) is 36.4 Å². The average Bonchev–Trinajstić information content (AvgIpc) is 2.82. The molecule has 0 unspecified atom stereocenters. The summed E-state index contributed by atoms with van der Waals surface area (Å²) in [5, 5.41) is 2.08. The van der Waals surface area contributed by atoms with Gasteiger partial charge in [0.2, 0.25) is 0 Å². The van der Waals surface area contributed by atoms with Crippen LogP contribution in [0.5, 0.6) is 11.5 Å². The number of methoxy groups -OCH3 is 2. The number of rotatable bonds is 6. The molecule has 0 saturated heterocycles. The van der Waals surface area contributed by atoms with Gasteiger partial charge in [0.05, 0.1) is 25.6 Å². The van der Waals surface area contributed by atoms with Gasteiger partial charge in [-0.3, -0.25) is 9.98 Å². The number of hydrogen-bond donors (Lipinski definition) is 0. The van der Waals surface area contributed by atoms with Gasteiger partial charge in [0.25, 0.3) is 0 Å². The maximum atomic E-state index is 5.41. The molecule has 4 aromatic carbocycles. The van der Waals surface area contributed by atoms with Crippen molar-refractivity contribution in [3.05, 3.63) is 96.1 Å². The molecule has 0 spiro atoms. The lowest BCUT2D eigenvalue weighted by Crippen LogP contribution is -1.90. The van der Waals surface area contributed by atoms with E-state index >= 15 is 0 Å². The van der Waals surface area contributed by atoms with Gasteiger partial charge in [-0.2, -0.15) is 0 Å². The van der Waals surface area contributed by atoms with Crippen LogP contribution in [0, 0.1) is 0 Å². The minimum Gasteiger partial charge on any atom is -0.496 e. The molecule has 4 aromatic rings. The number of benzene rings is 4. The molecule has 0 aliphatic heterocycles. The van der Waals surface area contributed by atoms with Crippen LogP contribution >= 0.6 is 0 Å². The van der Waals surface area contributed by atoms with E-state index in [9.17, 15) is 0 Å². The number of nitrogens with zero attached hydrogens (tertiary/aromatic N) is 2. The first-order valence-electron chi connectivity index (χ1n) is 9.66. The second kappa shape index (κ2) is 9.05. The Morgan fingerprint density at radius 1 is 0.533 bits per heavy atom. The predicted molar refractivity (Wildman–Crippen MR) is 124 cm³/mol. The minimum atomic E-state index is 0.795. The van der Waals surface area contributed by atoms with E-state index in [-0.39, 0.29) is 0 Å². The van der Waals surface area contributed by atoms with Crippen LogP contribution in [0.1, 0.15) is 11.1 Å². The molecule has 0 N–H and O–H groups in total. The normalized spacial score (nSPS) is 11.4. The average molecular weight is 394 g/mol. The van der Waals surface area contributed by atoms with Gasteiger partial charge >= 0.3 is 0 Å². The van der Waals surface area contributed by atoms with Crippen molar-refractivity contribution in [2.45, 2.75) is 0 Å². The van der Waals surface area contributed by atoms with Crippen LogP contribution in [0.15, 0.2) is 94.9 Å². The van der Waals surface area contributed by atoms with Crippen molar-refractivity contribution in [1.29, 1.82) is 0 Å². The molecule has 0 radical (unpaired) electrons. The van der Waals surface area contributed by atoms with Crippen molar-refractivity contribution >= 4 is 34.6 Å². The van der Waals surface area contributed by atoms with Crippen molar-refractivity contribution in [1.82, 2.24) is 0 Å². The Balaban J connectivity index is 1.72. The highest BCUT2D eigenvalue weighted by molar-refractivity contribution is 6.03. The Hall–Kier alpha value is -3.92. The monoisotopic (exact) mass is 394 g/mol. The summed E-state index contributed by atoms with van der Waals surface area (Å²) in [4.78, 5) is 9.45. The van der Waals surface area contributed by atoms with E-state index in [1.54, 1.807) is 14.2 Å². The summed E-state index contributed by atoms with van der Waals surface area (Å²) in [6.07, 6.45) is 3.66. The fraction of sp³-hybridized carbons (Fsp3) is 0.0769. The molecule has 0 heterocycles. The van der Waals surface area contributed by atoms with Gasteiger partial charge < -0.3 is 9.47 Å². The van der Waals surface area contributed by atoms with Gasteiger partial charge in [-0.25, -0.2) is 0 Å². The fourth-order valence-corrected chi connectivity index (χ4v) is 3.32. The van der Waals surface area contributed by atoms with Gasteiger partial charge in [0.1, 0.15) is 11.5 Å². The molecule has 148 valence electrons. The van der Waals surface area contributed by atoms with E-state index in [0.29, 0.717) is 0 Å². The van der Waals surface area contributed by atoms with Crippen LogP contribution in [0.3, 0.4) is 0 Å². The summed E-state index contributed by atoms with van der Waals surface area (Å²) < 4.78 is 10.8. The maximum Gasteiger partial charge on any atom is 0.127 e. The topological polar surface area (TPSA) is 43.2 Å². The third-order valence-corrected chi connectivity index (χ3v) is 4.84. The van der Waals surface area contributed by atoms with Gasteiger partial charge in [-0.1, -0.05) is 48.5 Å². The van der Waals surface area contributed by atoms with Crippen LogP contribution in [0.2, 0.25) is 0 Å². The first-order valence-corrected chi connectivity index (χ1v) is 9.66. The molecule has 4 heteroatoms. The lowest BCUT2D eigenvalue weighted by Gasteiger charge is -2.07. The number of aliphatic imine (C=N–C) groups is 2. The molecule has 4 nitrogen and oxygen atoms in total. The standard InChI is InChI=1S/C26H22N2O2/c1-29-25-13-7-3-9-19(25)17-27-23-15-16-24(22-12-6-5-11-21(22)23)28-18-20-10-4-8-14-26(20)30-2/h3-18H,1-2H3. The highest BCUT2D eigenvalue weighted by Crippen LogP contribution is 2.34. The first-order chi connectivity index (χ1) is 14.8. The molecule has 0 aliphatic carbocycles. The van der Waals surface area contributed by atoms with Crippen LogP contribution in [0.25, 0.3) is 10.8 Å². The highest BCUT2D eigenvalue weighted by Gasteiger charge is 2.05. The quantitative estimate of drug-likeness (QED) is 0.357. The second-order valence-electron chi connectivity index (χ2n) is 6.65. The second-order valence-corrected chi connectivity index (χ2v) is 6.65. The largest absolute Gasteiger partial charge is 0.496 e. The molecule has 0 amide bonds. The number of ether oxygens (including phenoxy) is 2. The van der Waals surface area contributed by atoms with E-state index in [1.807, 2.05) is 85.2 Å². The summed E-state index contributed by atoms with van der Waals surface area (Å²) in [6, 6.07) is 27.8. The Kier molecular flexibility index (Phi) is 5.85. The van der Waals surface area contributed by atoms with Crippen LogP contribution < -0.4 is 9.47 Å². The first kappa shape index (κ1) is 19.4. The van der Waals surface area contributed by atoms with Crippen molar-refractivity contribution < 1.29 is 9.47 Å². The minimum absolute atomic E-state index is 0.795. The molecular formula is C26H22N2O2. The van der Waals surface area contributed by atoms with E-state index in [1.165, 1.54) is 0 Å². The highest BCUT2D eigenvalue weighted by atomic mass is 16.5. The summed E-state index contributed by atoms with van der Waals surface area (Å²) >= 11 is 0. The van der Waals surface area contributed by atoms with E-state index in [2.05, 4.69) is 12.1 Å². The summed E-state index contributed by atoms with van der Waals surface area (Å²) in [5.41, 5.74) is 3.63. The van der Waals surface area contributed by atoms with Crippen molar-refractivity contribution in [2.75, 3.05) is 14.2 Å². The van der Waals surface area contributed by atoms with E-state index < -0.39 is 0 Å². The Morgan fingerprint density at radius 3 is 1.37 bits per heavy atom. The zero-order chi connectivity index (χ0) is 20.8. The Morgan fingerprint density at radius 2 is 0.933 bits per heavy atom. The maximum absolute atomic E-state index is 5.41. The summed E-state index contributed by atoms with van der Waals surface area (Å²) in [5.74, 6) is 1.59. The smallest absolute Gasteiger partial charge is 0.127 e. The van der Waals surface area contributed by atoms with Crippen LogP contribution in [-0.2, 0) is 0 Å². The Labute approximate surface area is 176 Å². The molecule has 0 atom stereocenters. The molecule has 0 saturated carbocycles. The number of hydrogen-bond acceptors (Lipinski definition) is 4. The molecule has 0 aliphatic rings. The van der Waals surface area contributed by atoms with Crippen molar-refractivity contribution in [3.63, 3.8) is 0 Å². The van der Waals surface area contributed by atoms with Gasteiger partial charge in [0, 0.05) is 34.3 Å². The predicted octanol–water partition coefficient (Wildman–Crippen LogP) is 6.36. The molecule has 0 fully saturated rings. The molecule has 30 heavy (non-hydrogen) atoms. The lowest BCUT2D eigenvalue weighted by atomic mass is 10.1. The molecule has 4 rings (SSSR count). The van der Waals surface area contributed by atoms with E-state index in [4.69, 9.17) is 19.5 Å². The van der Waals surface area contributed by atoms with Gasteiger partial charge in [-0.15, -0.1) is 0 Å². The summed E-state index contributed by atoms with van der Waals surface area (Å²) in [7, 11) is 3.33. The lowest BCUT2D eigenvalue weighted by molar-refractivity contribution is 0.414. The van der Waals surface area contributed by atoms with Crippen LogP contribution in [-0.4, -0.2) is 26.6 Å². The SMILES string of the molecule is COc1ccccc1C=Nc1ccc(N=Cc2ccccc2OC)c2ccccc12. The third kappa shape index (κ3) is 4.08. The third-order valence-electron chi connectivity index (χ3n) is 4.84. The number of fused-ring (bicyclic) bond motifs is 1. The van der Waals surface area contributed by atoms with Crippen LogP contribution in [0.4, 0.5) is 11.4 Å². The van der Waals surface area contributed by atoms with Gasteiger partial charge in [0.15, 0.2) is 0 Å². The Bertz CT molecular complexity index is 1130. The van der Waals surface area contributed by atoms with Crippen molar-refractivity contribution in [2.24, 2.45) is 9.98 Å². The summed E-state index contributed by atoms with van der Waals surface area (Å²) in [6.45, 7) is 0. The van der Waals surface area contributed by atoms with E-state index in [0.717, 1.165) is 44.8 Å². The molecular weight excluding hydrogens is 372 g/mol. The zero-order valence-electron chi connectivity index (χ0n) is 16.9.